The molecular formula is C29H38F6O. The van der Waals surface area contributed by atoms with Gasteiger partial charge in [0.15, 0.2) is 5.83 Å². The van der Waals surface area contributed by atoms with Crippen molar-refractivity contribution in [2.24, 2.45) is 23.7 Å². The minimum Gasteiger partial charge on any atom is -0.313 e. The Balaban J connectivity index is 1.26. The summed E-state index contributed by atoms with van der Waals surface area (Å²) in [6.45, 7) is 2.35. The second-order valence-electron chi connectivity index (χ2n) is 11.4. The standard InChI is InChI=1S/C29H38F6O/c1-19-2-6-21(7-3-19)22-8-10-23(11-9-22)24-12-14-25(15-13-24)29(34,35)36-26-16-4-20(5-17-26)18-27(30)28(31,32)33/h12-15,18-23,26H,2-11,16-17H2,1H3. The van der Waals surface area contributed by atoms with Crippen LogP contribution >= 0.6 is 0 Å². The van der Waals surface area contributed by atoms with Crippen LogP contribution in [0.2, 0.25) is 0 Å². The third kappa shape index (κ3) is 7.08. The summed E-state index contributed by atoms with van der Waals surface area (Å²) >= 11 is 0. The van der Waals surface area contributed by atoms with E-state index >= 15 is 0 Å². The number of benzene rings is 1. The Morgan fingerprint density at radius 1 is 0.750 bits per heavy atom. The molecule has 0 aromatic heterocycles. The summed E-state index contributed by atoms with van der Waals surface area (Å²) in [4.78, 5) is 0. The van der Waals surface area contributed by atoms with Crippen molar-refractivity contribution in [1.29, 1.82) is 0 Å². The van der Waals surface area contributed by atoms with Gasteiger partial charge in [0.05, 0.1) is 11.7 Å². The van der Waals surface area contributed by atoms with Crippen molar-refractivity contribution in [2.45, 2.75) is 108 Å². The lowest BCUT2D eigenvalue weighted by molar-refractivity contribution is -0.277. The summed E-state index contributed by atoms with van der Waals surface area (Å²) < 4.78 is 85.0. The van der Waals surface area contributed by atoms with E-state index < -0.39 is 30.1 Å². The maximum atomic E-state index is 14.8. The molecule has 36 heavy (non-hydrogen) atoms. The lowest BCUT2D eigenvalue weighted by Gasteiger charge is -2.37. The number of hydrogen-bond acceptors (Lipinski definition) is 1. The van der Waals surface area contributed by atoms with Crippen LogP contribution in [0.4, 0.5) is 26.3 Å². The molecule has 0 saturated heterocycles. The summed E-state index contributed by atoms with van der Waals surface area (Å²) in [6, 6.07) is 6.47. The van der Waals surface area contributed by atoms with Crippen LogP contribution in [0.15, 0.2) is 36.2 Å². The van der Waals surface area contributed by atoms with Gasteiger partial charge >= 0.3 is 12.3 Å². The normalized spacial score (nSPS) is 32.9. The van der Waals surface area contributed by atoms with E-state index in [0.717, 1.165) is 36.2 Å². The summed E-state index contributed by atoms with van der Waals surface area (Å²) in [6.07, 6.45) is 2.08. The summed E-state index contributed by atoms with van der Waals surface area (Å²) in [5.41, 5.74) is 0.894. The van der Waals surface area contributed by atoms with Gasteiger partial charge in [-0.3, -0.25) is 0 Å². The molecule has 1 aromatic rings. The predicted octanol–water partition coefficient (Wildman–Crippen LogP) is 9.83. The highest BCUT2D eigenvalue weighted by molar-refractivity contribution is 5.27. The number of ether oxygens (including phenoxy) is 1. The third-order valence-electron chi connectivity index (χ3n) is 8.90. The molecule has 0 spiro atoms. The number of rotatable bonds is 6. The third-order valence-corrected chi connectivity index (χ3v) is 8.90. The highest BCUT2D eigenvalue weighted by Crippen LogP contribution is 2.44. The van der Waals surface area contributed by atoms with E-state index in [2.05, 4.69) is 6.92 Å². The Hall–Kier alpha value is -1.50. The topological polar surface area (TPSA) is 9.23 Å². The maximum Gasteiger partial charge on any atom is 0.442 e. The summed E-state index contributed by atoms with van der Waals surface area (Å²) in [5.74, 6) is 0.202. The molecule has 0 N–H and O–H groups in total. The minimum atomic E-state index is -5.00. The first-order chi connectivity index (χ1) is 17.0. The molecule has 7 heteroatoms. The van der Waals surface area contributed by atoms with Crippen LogP contribution < -0.4 is 0 Å². The molecule has 3 saturated carbocycles. The average Bonchev–Trinajstić information content (AvgIpc) is 2.85. The van der Waals surface area contributed by atoms with Crippen LogP contribution in [0.1, 0.15) is 101 Å². The van der Waals surface area contributed by atoms with Crippen LogP contribution in [0.5, 0.6) is 0 Å². The Morgan fingerprint density at radius 2 is 1.28 bits per heavy atom. The fraction of sp³-hybridized carbons (Fsp3) is 0.724. The van der Waals surface area contributed by atoms with Crippen molar-refractivity contribution in [2.75, 3.05) is 0 Å². The van der Waals surface area contributed by atoms with E-state index in [1.54, 1.807) is 12.1 Å². The molecule has 0 unspecified atom stereocenters. The van der Waals surface area contributed by atoms with E-state index in [-0.39, 0.29) is 31.2 Å². The smallest absolute Gasteiger partial charge is 0.313 e. The zero-order valence-electron chi connectivity index (χ0n) is 21.0. The average molecular weight is 517 g/mol. The Morgan fingerprint density at radius 3 is 1.81 bits per heavy atom. The second-order valence-corrected chi connectivity index (χ2v) is 11.4. The van der Waals surface area contributed by atoms with Gasteiger partial charge in [0.2, 0.25) is 0 Å². The zero-order valence-corrected chi connectivity index (χ0v) is 21.0. The van der Waals surface area contributed by atoms with E-state index in [1.165, 1.54) is 50.7 Å². The van der Waals surface area contributed by atoms with Crippen LogP contribution in [-0.4, -0.2) is 12.3 Å². The lowest BCUT2D eigenvalue weighted by Crippen LogP contribution is -2.29. The molecule has 4 rings (SSSR count). The van der Waals surface area contributed by atoms with E-state index in [1.807, 2.05) is 0 Å². The zero-order chi connectivity index (χ0) is 25.9. The van der Waals surface area contributed by atoms with Crippen LogP contribution in [0.25, 0.3) is 0 Å². The minimum absolute atomic E-state index is 0.170. The molecule has 1 nitrogen and oxygen atoms in total. The van der Waals surface area contributed by atoms with Crippen LogP contribution in [-0.2, 0) is 10.8 Å². The van der Waals surface area contributed by atoms with Crippen molar-refractivity contribution in [3.8, 4) is 0 Å². The SMILES string of the molecule is CC1CCC(C2CCC(c3ccc(C(F)(F)OC4CCC(C=C(F)C(F)(F)F)CC4)cc3)CC2)CC1. The fourth-order valence-electron chi connectivity index (χ4n) is 6.58. The quantitative estimate of drug-likeness (QED) is 0.342. The predicted molar refractivity (Wildman–Crippen MR) is 128 cm³/mol. The molecule has 202 valence electrons. The molecule has 0 amide bonds. The first-order valence-electron chi connectivity index (χ1n) is 13.6. The molecule has 1 aromatic carbocycles. The van der Waals surface area contributed by atoms with Crippen molar-refractivity contribution in [1.82, 2.24) is 0 Å². The van der Waals surface area contributed by atoms with Crippen LogP contribution in [0, 0.1) is 23.7 Å². The fourth-order valence-corrected chi connectivity index (χ4v) is 6.58. The van der Waals surface area contributed by atoms with Crippen molar-refractivity contribution < 1.29 is 31.1 Å². The highest BCUT2D eigenvalue weighted by Gasteiger charge is 2.39. The highest BCUT2D eigenvalue weighted by atomic mass is 19.4. The molecule has 3 aliphatic rings. The molecule has 0 bridgehead atoms. The molecular weight excluding hydrogens is 478 g/mol. The summed E-state index contributed by atoms with van der Waals surface area (Å²) in [5, 5.41) is 0. The van der Waals surface area contributed by atoms with Crippen LogP contribution in [0.3, 0.4) is 0 Å². The van der Waals surface area contributed by atoms with Gasteiger partial charge in [0.1, 0.15) is 0 Å². The summed E-state index contributed by atoms with van der Waals surface area (Å²) in [7, 11) is 0. The maximum absolute atomic E-state index is 14.8. The molecule has 3 aliphatic carbocycles. The van der Waals surface area contributed by atoms with Gasteiger partial charge in [-0.2, -0.15) is 22.0 Å². The van der Waals surface area contributed by atoms with E-state index in [9.17, 15) is 26.3 Å². The lowest BCUT2D eigenvalue weighted by atomic mass is 9.68. The first kappa shape index (κ1) is 27.5. The van der Waals surface area contributed by atoms with Gasteiger partial charge in [0, 0.05) is 0 Å². The number of hydrogen-bond donors (Lipinski definition) is 0. The number of allylic oxidation sites excluding steroid dienone is 2. The number of alkyl halides is 5. The van der Waals surface area contributed by atoms with E-state index in [0.29, 0.717) is 12.0 Å². The van der Waals surface area contributed by atoms with E-state index in [4.69, 9.17) is 4.74 Å². The van der Waals surface area contributed by atoms with Gasteiger partial charge in [-0.15, -0.1) is 0 Å². The van der Waals surface area contributed by atoms with Gasteiger partial charge in [-0.05, 0) is 105 Å². The Kier molecular flexibility index (Phi) is 8.79. The van der Waals surface area contributed by atoms with Gasteiger partial charge < -0.3 is 4.74 Å². The molecule has 0 atom stereocenters. The Labute approximate surface area is 210 Å². The largest absolute Gasteiger partial charge is 0.442 e. The number of halogens is 6. The van der Waals surface area contributed by atoms with Gasteiger partial charge in [-0.25, -0.2) is 4.39 Å². The van der Waals surface area contributed by atoms with Crippen molar-refractivity contribution >= 4 is 0 Å². The van der Waals surface area contributed by atoms with Crippen molar-refractivity contribution in [3.05, 3.63) is 47.3 Å². The molecule has 3 fully saturated rings. The monoisotopic (exact) mass is 516 g/mol. The molecule has 0 aliphatic heterocycles. The van der Waals surface area contributed by atoms with Gasteiger partial charge in [-0.1, -0.05) is 44.0 Å². The first-order valence-corrected chi connectivity index (χ1v) is 13.6. The molecule has 0 radical (unpaired) electrons. The van der Waals surface area contributed by atoms with Gasteiger partial charge in [0.25, 0.3) is 0 Å². The second kappa shape index (κ2) is 11.5. The molecule has 0 heterocycles. The van der Waals surface area contributed by atoms with Crippen molar-refractivity contribution in [3.63, 3.8) is 0 Å². The Bertz CT molecular complexity index is 853.